The van der Waals surface area contributed by atoms with E-state index >= 15 is 0 Å². The monoisotopic (exact) mass is 262 g/mol. The van der Waals surface area contributed by atoms with Crippen LogP contribution >= 0.6 is 0 Å². The van der Waals surface area contributed by atoms with Gasteiger partial charge in [0.1, 0.15) is 5.82 Å². The smallest absolute Gasteiger partial charge is 0.321 e. The summed E-state index contributed by atoms with van der Waals surface area (Å²) in [5, 5.41) is 3.06. The Morgan fingerprint density at radius 3 is 2.79 bits per heavy atom. The predicted molar refractivity (Wildman–Crippen MR) is 70.6 cm³/mol. The quantitative estimate of drug-likeness (QED) is 0.897. The van der Waals surface area contributed by atoms with E-state index in [0.717, 1.165) is 13.0 Å². The van der Waals surface area contributed by atoms with Crippen molar-refractivity contribution in [3.63, 3.8) is 0 Å². The second-order valence-electron chi connectivity index (χ2n) is 3.91. The summed E-state index contributed by atoms with van der Waals surface area (Å²) in [5.41, 5.74) is 0.584. The molecule has 19 heavy (non-hydrogen) atoms. The van der Waals surface area contributed by atoms with E-state index in [0.29, 0.717) is 17.3 Å². The molecule has 0 atom stereocenters. The lowest BCUT2D eigenvalue weighted by Gasteiger charge is -2.07. The molecule has 6 heteroatoms. The van der Waals surface area contributed by atoms with Crippen molar-refractivity contribution in [2.75, 3.05) is 19.0 Å². The van der Waals surface area contributed by atoms with E-state index in [9.17, 15) is 4.39 Å². The van der Waals surface area contributed by atoms with Crippen molar-refractivity contribution in [1.82, 2.24) is 15.0 Å². The molecule has 0 spiro atoms. The number of hydrogen-bond donors (Lipinski definition) is 1. The number of benzene rings is 1. The van der Waals surface area contributed by atoms with Crippen molar-refractivity contribution in [1.29, 1.82) is 0 Å². The minimum Gasteiger partial charge on any atom is -0.467 e. The molecular formula is C13H15FN4O. The highest BCUT2D eigenvalue weighted by Gasteiger charge is 2.09. The largest absolute Gasteiger partial charge is 0.467 e. The Bertz CT molecular complexity index is 562. The summed E-state index contributed by atoms with van der Waals surface area (Å²) < 4.78 is 18.3. The molecule has 2 rings (SSSR count). The van der Waals surface area contributed by atoms with Crippen LogP contribution in [-0.4, -0.2) is 28.6 Å². The SMILES string of the molecule is CCCNc1nc(OC)nc(-c2cccc(F)c2)n1. The van der Waals surface area contributed by atoms with Crippen molar-refractivity contribution in [2.24, 2.45) is 0 Å². The molecular weight excluding hydrogens is 247 g/mol. The van der Waals surface area contributed by atoms with E-state index in [2.05, 4.69) is 20.3 Å². The molecule has 0 aliphatic carbocycles. The van der Waals surface area contributed by atoms with Crippen molar-refractivity contribution < 1.29 is 9.13 Å². The van der Waals surface area contributed by atoms with Gasteiger partial charge in [-0.2, -0.15) is 15.0 Å². The molecule has 0 amide bonds. The first-order valence-corrected chi connectivity index (χ1v) is 6.03. The molecule has 1 aromatic heterocycles. The van der Waals surface area contributed by atoms with Crippen LogP contribution in [0.1, 0.15) is 13.3 Å². The van der Waals surface area contributed by atoms with Gasteiger partial charge in [-0.05, 0) is 18.6 Å². The summed E-state index contributed by atoms with van der Waals surface area (Å²) in [6, 6.07) is 6.30. The first-order chi connectivity index (χ1) is 9.22. The molecule has 100 valence electrons. The molecule has 1 heterocycles. The number of nitrogens with zero attached hydrogens (tertiary/aromatic N) is 3. The highest BCUT2D eigenvalue weighted by atomic mass is 19.1. The summed E-state index contributed by atoms with van der Waals surface area (Å²) in [5.74, 6) is 0.470. The lowest BCUT2D eigenvalue weighted by Crippen LogP contribution is -2.07. The van der Waals surface area contributed by atoms with Crippen molar-refractivity contribution in [3.05, 3.63) is 30.1 Å². The molecule has 0 unspecified atom stereocenters. The highest BCUT2D eigenvalue weighted by molar-refractivity contribution is 5.56. The molecule has 0 saturated heterocycles. The number of aromatic nitrogens is 3. The molecule has 5 nitrogen and oxygen atoms in total. The summed E-state index contributed by atoms with van der Waals surface area (Å²) >= 11 is 0. The van der Waals surface area contributed by atoms with Crippen molar-refractivity contribution in [2.45, 2.75) is 13.3 Å². The van der Waals surface area contributed by atoms with Gasteiger partial charge in [0.2, 0.25) is 5.95 Å². The fourth-order valence-corrected chi connectivity index (χ4v) is 1.52. The summed E-state index contributed by atoms with van der Waals surface area (Å²) in [4.78, 5) is 12.5. The van der Waals surface area contributed by atoms with Crippen molar-refractivity contribution in [3.8, 4) is 17.4 Å². The van der Waals surface area contributed by atoms with Crippen LogP contribution in [0.5, 0.6) is 6.01 Å². The maximum atomic E-state index is 13.2. The van der Waals surface area contributed by atoms with Crippen LogP contribution in [-0.2, 0) is 0 Å². The number of hydrogen-bond acceptors (Lipinski definition) is 5. The summed E-state index contributed by atoms with van der Waals surface area (Å²) in [6.45, 7) is 2.79. The van der Waals surface area contributed by atoms with E-state index < -0.39 is 0 Å². The number of rotatable bonds is 5. The fourth-order valence-electron chi connectivity index (χ4n) is 1.52. The number of ether oxygens (including phenoxy) is 1. The van der Waals surface area contributed by atoms with Crippen LogP contribution in [0.25, 0.3) is 11.4 Å². The van der Waals surface area contributed by atoms with E-state index in [1.54, 1.807) is 12.1 Å². The van der Waals surface area contributed by atoms with Gasteiger partial charge in [-0.15, -0.1) is 0 Å². The zero-order chi connectivity index (χ0) is 13.7. The number of halogens is 1. The van der Waals surface area contributed by atoms with Crippen LogP contribution in [0.15, 0.2) is 24.3 Å². The fraction of sp³-hybridized carbons (Fsp3) is 0.308. The maximum absolute atomic E-state index is 13.2. The third-order valence-corrected chi connectivity index (χ3v) is 2.41. The van der Waals surface area contributed by atoms with Gasteiger partial charge in [0, 0.05) is 12.1 Å². The Hall–Kier alpha value is -2.24. The Labute approximate surface area is 110 Å². The minimum absolute atomic E-state index is 0.202. The first kappa shape index (κ1) is 13.2. The molecule has 0 fully saturated rings. The molecule has 0 aliphatic rings. The molecule has 0 bridgehead atoms. The predicted octanol–water partition coefficient (Wildman–Crippen LogP) is 2.51. The molecule has 0 radical (unpaired) electrons. The summed E-state index contributed by atoms with van der Waals surface area (Å²) in [6.07, 6.45) is 0.948. The second kappa shape index (κ2) is 6.08. The van der Waals surface area contributed by atoms with Crippen LogP contribution in [0, 0.1) is 5.82 Å². The Morgan fingerprint density at radius 2 is 2.11 bits per heavy atom. The molecule has 0 aliphatic heterocycles. The number of nitrogens with one attached hydrogen (secondary N) is 1. The molecule has 1 aromatic carbocycles. The standard InChI is InChI=1S/C13H15FN4O/c1-3-7-15-12-16-11(17-13(18-12)19-2)9-5-4-6-10(14)8-9/h4-6,8H,3,7H2,1-2H3,(H,15,16,17,18). The van der Waals surface area contributed by atoms with E-state index in [4.69, 9.17) is 4.74 Å². The normalized spacial score (nSPS) is 10.3. The van der Waals surface area contributed by atoms with Gasteiger partial charge in [0.15, 0.2) is 5.82 Å². The molecule has 1 N–H and O–H groups in total. The van der Waals surface area contributed by atoms with E-state index in [1.807, 2.05) is 6.92 Å². The van der Waals surface area contributed by atoms with Gasteiger partial charge in [0.05, 0.1) is 7.11 Å². The molecule has 2 aromatic rings. The van der Waals surface area contributed by atoms with Gasteiger partial charge < -0.3 is 10.1 Å². The maximum Gasteiger partial charge on any atom is 0.321 e. The topological polar surface area (TPSA) is 59.9 Å². The molecule has 0 saturated carbocycles. The number of methoxy groups -OCH3 is 1. The lowest BCUT2D eigenvalue weighted by atomic mass is 10.2. The van der Waals surface area contributed by atoms with Crippen LogP contribution < -0.4 is 10.1 Å². The van der Waals surface area contributed by atoms with Crippen LogP contribution in [0.3, 0.4) is 0 Å². The Balaban J connectivity index is 2.38. The third kappa shape index (κ3) is 3.37. The second-order valence-corrected chi connectivity index (χ2v) is 3.91. The van der Waals surface area contributed by atoms with Gasteiger partial charge in [-0.1, -0.05) is 19.1 Å². The Morgan fingerprint density at radius 1 is 1.26 bits per heavy atom. The average Bonchev–Trinajstić information content (AvgIpc) is 2.44. The average molecular weight is 262 g/mol. The third-order valence-electron chi connectivity index (χ3n) is 2.41. The Kier molecular flexibility index (Phi) is 4.22. The lowest BCUT2D eigenvalue weighted by molar-refractivity contribution is 0.379. The van der Waals surface area contributed by atoms with Gasteiger partial charge in [-0.25, -0.2) is 4.39 Å². The zero-order valence-corrected chi connectivity index (χ0v) is 10.9. The van der Waals surface area contributed by atoms with Gasteiger partial charge >= 0.3 is 6.01 Å². The minimum atomic E-state index is -0.333. The van der Waals surface area contributed by atoms with E-state index in [1.165, 1.54) is 19.2 Å². The number of anilines is 1. The van der Waals surface area contributed by atoms with Crippen LogP contribution in [0.4, 0.5) is 10.3 Å². The zero-order valence-electron chi connectivity index (χ0n) is 10.9. The van der Waals surface area contributed by atoms with E-state index in [-0.39, 0.29) is 11.8 Å². The highest BCUT2D eigenvalue weighted by Crippen LogP contribution is 2.19. The van der Waals surface area contributed by atoms with Gasteiger partial charge in [-0.3, -0.25) is 0 Å². The van der Waals surface area contributed by atoms with Gasteiger partial charge in [0.25, 0.3) is 0 Å². The summed E-state index contributed by atoms with van der Waals surface area (Å²) in [7, 11) is 1.48. The van der Waals surface area contributed by atoms with Crippen molar-refractivity contribution >= 4 is 5.95 Å². The first-order valence-electron chi connectivity index (χ1n) is 6.03. The van der Waals surface area contributed by atoms with Crippen LogP contribution in [0.2, 0.25) is 0 Å².